The molecule has 0 aromatic carbocycles. The van der Waals surface area contributed by atoms with Crippen molar-refractivity contribution in [1.82, 2.24) is 9.80 Å². The maximum Gasteiger partial charge on any atom is 0.323 e. The average Bonchev–Trinajstić information content (AvgIpc) is 2.62. The number of hydrogen-bond donors (Lipinski definition) is 0. The molecule has 1 aliphatic heterocycles. The van der Waals surface area contributed by atoms with Crippen molar-refractivity contribution in [2.24, 2.45) is 0 Å². The summed E-state index contributed by atoms with van der Waals surface area (Å²) in [6, 6.07) is 0.00454. The van der Waals surface area contributed by atoms with E-state index in [2.05, 4.69) is 23.9 Å². The van der Waals surface area contributed by atoms with Gasteiger partial charge in [-0.2, -0.15) is 0 Å². The monoisotopic (exact) mass is 214 g/mol. The van der Waals surface area contributed by atoms with Gasteiger partial charge in [0, 0.05) is 13.1 Å². The van der Waals surface area contributed by atoms with E-state index in [-0.39, 0.29) is 12.0 Å². The van der Waals surface area contributed by atoms with Crippen LogP contribution in [0.2, 0.25) is 0 Å². The highest BCUT2D eigenvalue weighted by Gasteiger charge is 2.31. The van der Waals surface area contributed by atoms with E-state index in [4.69, 9.17) is 4.74 Å². The molecule has 1 unspecified atom stereocenters. The first-order valence-electron chi connectivity index (χ1n) is 5.70. The Morgan fingerprint density at radius 3 is 2.87 bits per heavy atom. The summed E-state index contributed by atoms with van der Waals surface area (Å²) in [6.45, 7) is 5.32. The molecule has 88 valence electrons. The summed E-state index contributed by atoms with van der Waals surface area (Å²) in [5.74, 6) is -0.0474. The molecule has 1 rings (SSSR count). The van der Waals surface area contributed by atoms with Gasteiger partial charge in [0.05, 0.1) is 6.61 Å². The molecule has 0 aromatic heterocycles. The lowest BCUT2D eigenvalue weighted by Crippen LogP contribution is -2.40. The summed E-state index contributed by atoms with van der Waals surface area (Å²) in [5, 5.41) is 0. The quantitative estimate of drug-likeness (QED) is 0.627. The first-order valence-corrected chi connectivity index (χ1v) is 5.70. The van der Waals surface area contributed by atoms with Crippen LogP contribution in [0, 0.1) is 0 Å². The fourth-order valence-corrected chi connectivity index (χ4v) is 1.93. The Morgan fingerprint density at radius 2 is 2.27 bits per heavy atom. The minimum Gasteiger partial charge on any atom is -0.465 e. The van der Waals surface area contributed by atoms with Crippen LogP contribution in [0.4, 0.5) is 0 Å². The molecule has 1 heterocycles. The van der Waals surface area contributed by atoms with Crippen molar-refractivity contribution in [2.45, 2.75) is 25.8 Å². The van der Waals surface area contributed by atoms with Gasteiger partial charge in [0.25, 0.3) is 0 Å². The highest BCUT2D eigenvalue weighted by Crippen LogP contribution is 2.17. The van der Waals surface area contributed by atoms with Crippen molar-refractivity contribution < 1.29 is 9.53 Å². The molecule has 0 spiro atoms. The predicted octanol–water partition coefficient (Wildman–Crippen LogP) is 0.575. The van der Waals surface area contributed by atoms with Crippen LogP contribution in [0.5, 0.6) is 0 Å². The molecule has 0 amide bonds. The first-order chi connectivity index (χ1) is 7.15. The number of carbonyl (C=O) groups is 1. The van der Waals surface area contributed by atoms with Gasteiger partial charge in [0.15, 0.2) is 0 Å². The minimum absolute atomic E-state index is 0.00454. The fraction of sp³-hybridized carbons (Fsp3) is 0.909. The summed E-state index contributed by atoms with van der Waals surface area (Å²) in [4.78, 5) is 16.0. The third-order valence-electron chi connectivity index (χ3n) is 2.76. The van der Waals surface area contributed by atoms with Crippen LogP contribution in [-0.4, -0.2) is 62.1 Å². The van der Waals surface area contributed by atoms with Gasteiger partial charge in [0.1, 0.15) is 6.04 Å². The summed E-state index contributed by atoms with van der Waals surface area (Å²) < 4.78 is 5.07. The van der Waals surface area contributed by atoms with Crippen LogP contribution in [0.3, 0.4) is 0 Å². The van der Waals surface area contributed by atoms with E-state index in [0.29, 0.717) is 6.61 Å². The second-order valence-corrected chi connectivity index (χ2v) is 4.25. The van der Waals surface area contributed by atoms with Crippen LogP contribution in [-0.2, 0) is 9.53 Å². The zero-order valence-electron chi connectivity index (χ0n) is 10.0. The summed E-state index contributed by atoms with van der Waals surface area (Å²) in [7, 11) is 4.10. The van der Waals surface area contributed by atoms with E-state index in [0.717, 1.165) is 32.5 Å². The molecule has 1 saturated heterocycles. The van der Waals surface area contributed by atoms with Crippen molar-refractivity contribution in [3.8, 4) is 0 Å². The number of hydrogen-bond acceptors (Lipinski definition) is 4. The highest BCUT2D eigenvalue weighted by molar-refractivity contribution is 5.76. The van der Waals surface area contributed by atoms with Crippen LogP contribution >= 0.6 is 0 Å². The molecular weight excluding hydrogens is 192 g/mol. The van der Waals surface area contributed by atoms with Crippen LogP contribution in [0.1, 0.15) is 19.8 Å². The Morgan fingerprint density at radius 1 is 1.53 bits per heavy atom. The highest BCUT2D eigenvalue weighted by atomic mass is 16.5. The number of nitrogens with zero attached hydrogens (tertiary/aromatic N) is 2. The van der Waals surface area contributed by atoms with Gasteiger partial charge in [-0.1, -0.05) is 0 Å². The molecule has 0 bridgehead atoms. The van der Waals surface area contributed by atoms with Crippen LogP contribution in [0.25, 0.3) is 0 Å². The third-order valence-corrected chi connectivity index (χ3v) is 2.76. The number of ether oxygens (including phenoxy) is 1. The van der Waals surface area contributed by atoms with Crippen molar-refractivity contribution in [3.63, 3.8) is 0 Å². The lowest BCUT2D eigenvalue weighted by Gasteiger charge is -2.24. The topological polar surface area (TPSA) is 32.8 Å². The Bertz CT molecular complexity index is 207. The SMILES string of the molecule is CCOC(=O)C1CCCN1CCN(C)C. The van der Waals surface area contributed by atoms with Crippen molar-refractivity contribution in [1.29, 1.82) is 0 Å². The third kappa shape index (κ3) is 3.80. The zero-order valence-corrected chi connectivity index (χ0v) is 10.0. The smallest absolute Gasteiger partial charge is 0.323 e. The van der Waals surface area contributed by atoms with Gasteiger partial charge in [0.2, 0.25) is 0 Å². The van der Waals surface area contributed by atoms with Crippen LogP contribution < -0.4 is 0 Å². The van der Waals surface area contributed by atoms with Gasteiger partial charge < -0.3 is 9.64 Å². The second-order valence-electron chi connectivity index (χ2n) is 4.25. The Labute approximate surface area is 92.2 Å². The lowest BCUT2D eigenvalue weighted by molar-refractivity contribution is -0.148. The van der Waals surface area contributed by atoms with Gasteiger partial charge in [-0.05, 0) is 40.4 Å². The van der Waals surface area contributed by atoms with E-state index in [1.165, 1.54) is 0 Å². The Hall–Kier alpha value is -0.610. The van der Waals surface area contributed by atoms with Crippen molar-refractivity contribution >= 4 is 5.97 Å². The molecule has 0 aliphatic carbocycles. The summed E-state index contributed by atoms with van der Waals surface area (Å²) >= 11 is 0. The van der Waals surface area contributed by atoms with Gasteiger partial charge in [-0.15, -0.1) is 0 Å². The molecule has 0 N–H and O–H groups in total. The number of esters is 1. The molecule has 4 heteroatoms. The molecule has 4 nitrogen and oxygen atoms in total. The molecule has 1 fully saturated rings. The van der Waals surface area contributed by atoms with E-state index in [1.807, 2.05) is 6.92 Å². The fourth-order valence-electron chi connectivity index (χ4n) is 1.93. The zero-order chi connectivity index (χ0) is 11.3. The Kier molecular flexibility index (Phi) is 5.05. The van der Waals surface area contributed by atoms with Crippen LogP contribution in [0.15, 0.2) is 0 Å². The number of rotatable bonds is 5. The average molecular weight is 214 g/mol. The predicted molar refractivity (Wildman–Crippen MR) is 59.8 cm³/mol. The summed E-state index contributed by atoms with van der Waals surface area (Å²) in [6.07, 6.45) is 2.06. The maximum atomic E-state index is 11.6. The molecule has 15 heavy (non-hydrogen) atoms. The molecule has 0 aromatic rings. The van der Waals surface area contributed by atoms with E-state index < -0.39 is 0 Å². The molecule has 0 radical (unpaired) electrons. The lowest BCUT2D eigenvalue weighted by atomic mass is 10.2. The van der Waals surface area contributed by atoms with Gasteiger partial charge in [-0.25, -0.2) is 0 Å². The minimum atomic E-state index is -0.0474. The second kappa shape index (κ2) is 6.08. The van der Waals surface area contributed by atoms with Gasteiger partial charge in [-0.3, -0.25) is 9.69 Å². The van der Waals surface area contributed by atoms with Crippen molar-refractivity contribution in [2.75, 3.05) is 40.3 Å². The number of likely N-dealkylation sites (tertiary alicyclic amines) is 1. The van der Waals surface area contributed by atoms with E-state index in [1.54, 1.807) is 0 Å². The first kappa shape index (κ1) is 12.5. The summed E-state index contributed by atoms with van der Waals surface area (Å²) in [5.41, 5.74) is 0. The largest absolute Gasteiger partial charge is 0.465 e. The maximum absolute atomic E-state index is 11.6. The standard InChI is InChI=1S/C11H22N2O2/c1-4-15-11(14)10-6-5-7-13(10)9-8-12(2)3/h10H,4-9H2,1-3H3. The number of likely N-dealkylation sites (N-methyl/N-ethyl adjacent to an activating group) is 1. The Balaban J connectivity index is 2.38. The normalized spacial score (nSPS) is 22.3. The van der Waals surface area contributed by atoms with Crippen molar-refractivity contribution in [3.05, 3.63) is 0 Å². The molecule has 1 atom stereocenters. The van der Waals surface area contributed by atoms with Gasteiger partial charge >= 0.3 is 5.97 Å². The number of carbonyl (C=O) groups excluding carboxylic acids is 1. The van der Waals surface area contributed by atoms with E-state index in [9.17, 15) is 4.79 Å². The molecule has 0 saturated carbocycles. The molecular formula is C11H22N2O2. The van der Waals surface area contributed by atoms with E-state index >= 15 is 0 Å². The molecule has 1 aliphatic rings.